The minimum atomic E-state index is -0.113. The van der Waals surface area contributed by atoms with E-state index in [0.717, 1.165) is 48.4 Å². The maximum atomic E-state index is 12.9. The molecule has 2 amide bonds. The average Bonchev–Trinajstić information content (AvgIpc) is 2.83. The lowest BCUT2D eigenvalue weighted by atomic mass is 9.91. The van der Waals surface area contributed by atoms with Gasteiger partial charge < -0.3 is 10.2 Å². The van der Waals surface area contributed by atoms with E-state index in [1.54, 1.807) is 12.4 Å². The Hall–Kier alpha value is -3.54. The van der Waals surface area contributed by atoms with Gasteiger partial charge in [-0.1, -0.05) is 42.5 Å². The summed E-state index contributed by atoms with van der Waals surface area (Å²) in [5.74, 6) is 0.215. The molecule has 2 aromatic carbocycles. The van der Waals surface area contributed by atoms with Gasteiger partial charge in [-0.3, -0.25) is 19.6 Å². The molecular weight excluding hydrogens is 400 g/mol. The van der Waals surface area contributed by atoms with E-state index in [1.165, 1.54) is 12.5 Å². The summed E-state index contributed by atoms with van der Waals surface area (Å²) in [5.41, 5.74) is 4.54. The quantitative estimate of drug-likeness (QED) is 0.630. The molecule has 0 radical (unpaired) electrons. The predicted molar refractivity (Wildman–Crippen MR) is 125 cm³/mol. The fourth-order valence-corrected chi connectivity index (χ4v) is 4.30. The van der Waals surface area contributed by atoms with Crippen molar-refractivity contribution < 1.29 is 9.59 Å². The Labute approximate surface area is 188 Å². The van der Waals surface area contributed by atoms with Crippen molar-refractivity contribution >= 4 is 17.5 Å². The Morgan fingerprint density at radius 1 is 1.06 bits per heavy atom. The number of carbonyl (C=O) groups is 2. The lowest BCUT2D eigenvalue weighted by molar-refractivity contribution is -0.132. The zero-order chi connectivity index (χ0) is 22.3. The molecule has 1 aliphatic rings. The van der Waals surface area contributed by atoms with Crippen LogP contribution in [0.2, 0.25) is 0 Å². The largest absolute Gasteiger partial charge is 0.342 e. The molecule has 6 heteroatoms. The normalized spacial score (nSPS) is 15.9. The number of nitrogens with zero attached hydrogens (tertiary/aromatic N) is 3. The average molecular weight is 429 g/mol. The van der Waals surface area contributed by atoms with Crippen LogP contribution in [0.3, 0.4) is 0 Å². The fourth-order valence-electron chi connectivity index (χ4n) is 4.30. The Kier molecular flexibility index (Phi) is 6.90. The second kappa shape index (κ2) is 10.2. The minimum Gasteiger partial charge on any atom is -0.342 e. The topological polar surface area (TPSA) is 75.2 Å². The first-order chi connectivity index (χ1) is 15.6. The van der Waals surface area contributed by atoms with Crippen molar-refractivity contribution in [3.8, 4) is 11.3 Å². The van der Waals surface area contributed by atoms with Gasteiger partial charge >= 0.3 is 0 Å². The molecular formula is C26H28N4O2. The molecule has 0 bridgehead atoms. The fraction of sp³-hybridized carbons (Fsp3) is 0.308. The highest BCUT2D eigenvalue weighted by Crippen LogP contribution is 2.32. The lowest BCUT2D eigenvalue weighted by Crippen LogP contribution is -2.39. The van der Waals surface area contributed by atoms with Gasteiger partial charge in [-0.25, -0.2) is 0 Å². The summed E-state index contributed by atoms with van der Waals surface area (Å²) < 4.78 is 0. The zero-order valence-corrected chi connectivity index (χ0v) is 18.3. The number of nitrogens with one attached hydrogen (secondary N) is 1. The lowest BCUT2D eigenvalue weighted by Gasteiger charge is -2.33. The summed E-state index contributed by atoms with van der Waals surface area (Å²) in [6.07, 6.45) is 6.60. The van der Waals surface area contributed by atoms with Gasteiger partial charge in [-0.15, -0.1) is 0 Å². The molecule has 1 N–H and O–H groups in total. The smallest absolute Gasteiger partial charge is 0.222 e. The Bertz CT molecular complexity index is 1080. The van der Waals surface area contributed by atoms with Crippen molar-refractivity contribution in [2.75, 3.05) is 18.4 Å². The zero-order valence-electron chi connectivity index (χ0n) is 18.3. The number of aryl methyl sites for hydroxylation is 1. The molecule has 1 atom stereocenters. The van der Waals surface area contributed by atoms with Crippen molar-refractivity contribution in [1.82, 2.24) is 14.9 Å². The van der Waals surface area contributed by atoms with Crippen molar-refractivity contribution in [3.05, 3.63) is 78.2 Å². The molecule has 0 spiro atoms. The molecule has 1 fully saturated rings. The Morgan fingerprint density at radius 3 is 2.69 bits per heavy atom. The van der Waals surface area contributed by atoms with E-state index in [4.69, 9.17) is 0 Å². The van der Waals surface area contributed by atoms with Gasteiger partial charge in [0.25, 0.3) is 0 Å². The number of piperidine rings is 1. The van der Waals surface area contributed by atoms with Gasteiger partial charge in [-0.2, -0.15) is 0 Å². The first kappa shape index (κ1) is 21.7. The highest BCUT2D eigenvalue weighted by molar-refractivity contribution is 5.89. The molecule has 2 heterocycles. The molecule has 3 aromatic rings. The number of hydrogen-bond donors (Lipinski definition) is 1. The number of amides is 2. The number of carbonyl (C=O) groups excluding carboxylic acids is 2. The van der Waals surface area contributed by atoms with Crippen LogP contribution in [0, 0.1) is 0 Å². The van der Waals surface area contributed by atoms with Crippen LogP contribution in [-0.2, 0) is 16.0 Å². The van der Waals surface area contributed by atoms with Gasteiger partial charge in [0.15, 0.2) is 0 Å². The number of aromatic nitrogens is 2. The third-order valence-electron chi connectivity index (χ3n) is 5.81. The molecule has 0 saturated carbocycles. The Balaban J connectivity index is 1.49. The summed E-state index contributed by atoms with van der Waals surface area (Å²) in [7, 11) is 0. The van der Waals surface area contributed by atoms with Gasteiger partial charge in [-0.05, 0) is 37.0 Å². The molecule has 1 saturated heterocycles. The van der Waals surface area contributed by atoms with Crippen LogP contribution in [0.25, 0.3) is 11.3 Å². The molecule has 1 aliphatic heterocycles. The molecule has 32 heavy (non-hydrogen) atoms. The van der Waals surface area contributed by atoms with Gasteiger partial charge in [0.1, 0.15) is 0 Å². The first-order valence-electron chi connectivity index (χ1n) is 11.1. The van der Waals surface area contributed by atoms with E-state index in [2.05, 4.69) is 27.4 Å². The maximum Gasteiger partial charge on any atom is 0.222 e. The number of anilines is 1. The summed E-state index contributed by atoms with van der Waals surface area (Å²) >= 11 is 0. The molecule has 164 valence electrons. The van der Waals surface area contributed by atoms with Crippen LogP contribution in [-0.4, -0.2) is 39.8 Å². The van der Waals surface area contributed by atoms with E-state index >= 15 is 0 Å². The molecule has 4 rings (SSSR count). The van der Waals surface area contributed by atoms with E-state index < -0.39 is 0 Å². The predicted octanol–water partition coefficient (Wildman–Crippen LogP) is 4.44. The van der Waals surface area contributed by atoms with Crippen molar-refractivity contribution in [2.24, 2.45) is 0 Å². The molecule has 0 unspecified atom stereocenters. The monoisotopic (exact) mass is 428 g/mol. The van der Waals surface area contributed by atoms with Crippen LogP contribution in [0.1, 0.15) is 43.4 Å². The van der Waals surface area contributed by atoms with Crippen molar-refractivity contribution in [2.45, 2.75) is 38.5 Å². The summed E-state index contributed by atoms with van der Waals surface area (Å²) in [6, 6.07) is 17.8. The van der Waals surface area contributed by atoms with Crippen LogP contribution in [0.5, 0.6) is 0 Å². The SMILES string of the molecule is CC(=O)Nc1cccc(-c2nccnc2[C@@H]2CCCN(C(=O)CCc3ccccc3)C2)c1. The summed E-state index contributed by atoms with van der Waals surface area (Å²) in [4.78, 5) is 35.6. The number of hydrogen-bond acceptors (Lipinski definition) is 4. The highest BCUT2D eigenvalue weighted by Gasteiger charge is 2.27. The third-order valence-corrected chi connectivity index (χ3v) is 5.81. The number of likely N-dealkylation sites (tertiary alicyclic amines) is 1. The van der Waals surface area contributed by atoms with Gasteiger partial charge in [0, 0.05) is 56.0 Å². The van der Waals surface area contributed by atoms with Crippen LogP contribution in [0.15, 0.2) is 67.0 Å². The number of rotatable bonds is 6. The standard InChI is InChI=1S/C26H28N4O2/c1-19(31)29-23-11-5-9-21(17-23)25-26(28-15-14-27-25)22-10-6-16-30(18-22)24(32)13-12-20-7-3-2-4-8-20/h2-5,7-9,11,14-15,17,22H,6,10,12-13,16,18H2,1H3,(H,29,31)/t22-/m1/s1. The summed E-state index contributed by atoms with van der Waals surface area (Å²) in [5, 5.41) is 2.82. The third kappa shape index (κ3) is 5.38. The van der Waals surface area contributed by atoms with Crippen molar-refractivity contribution in [3.63, 3.8) is 0 Å². The highest BCUT2D eigenvalue weighted by atomic mass is 16.2. The second-order valence-electron chi connectivity index (χ2n) is 8.22. The Morgan fingerprint density at radius 2 is 1.88 bits per heavy atom. The van der Waals surface area contributed by atoms with E-state index in [-0.39, 0.29) is 17.7 Å². The van der Waals surface area contributed by atoms with Gasteiger partial charge in [0.2, 0.25) is 11.8 Å². The van der Waals surface area contributed by atoms with Crippen LogP contribution >= 0.6 is 0 Å². The van der Waals surface area contributed by atoms with E-state index in [9.17, 15) is 9.59 Å². The van der Waals surface area contributed by atoms with E-state index in [1.807, 2.05) is 47.4 Å². The molecule has 0 aliphatic carbocycles. The minimum absolute atomic E-state index is 0.113. The van der Waals surface area contributed by atoms with Crippen LogP contribution in [0.4, 0.5) is 5.69 Å². The number of benzene rings is 2. The summed E-state index contributed by atoms with van der Waals surface area (Å²) in [6.45, 7) is 2.94. The second-order valence-corrected chi connectivity index (χ2v) is 8.22. The van der Waals surface area contributed by atoms with Gasteiger partial charge in [0.05, 0.1) is 11.4 Å². The maximum absolute atomic E-state index is 12.9. The molecule has 1 aromatic heterocycles. The first-order valence-corrected chi connectivity index (χ1v) is 11.1. The van der Waals surface area contributed by atoms with Crippen LogP contribution < -0.4 is 5.32 Å². The molecule has 6 nitrogen and oxygen atoms in total. The van der Waals surface area contributed by atoms with Crippen molar-refractivity contribution in [1.29, 1.82) is 0 Å². The van der Waals surface area contributed by atoms with E-state index in [0.29, 0.717) is 13.0 Å².